The van der Waals surface area contributed by atoms with Gasteiger partial charge in [-0.3, -0.25) is 0 Å². The van der Waals surface area contributed by atoms with Crippen LogP contribution in [0.15, 0.2) is 12.2 Å². The van der Waals surface area contributed by atoms with Crippen LogP contribution in [0.2, 0.25) is 0 Å². The van der Waals surface area contributed by atoms with E-state index in [0.717, 1.165) is 0 Å². The Morgan fingerprint density at radius 3 is 2.33 bits per heavy atom. The highest BCUT2D eigenvalue weighted by Gasteiger charge is 1.92. The molecular weight excluding hydrogens is 126 g/mol. The van der Waals surface area contributed by atoms with E-state index in [0.29, 0.717) is 12.2 Å². The average molecular weight is 131 g/mol. The maximum absolute atomic E-state index is 10.0. The zero-order chi connectivity index (χ0) is 7.28. The van der Waals surface area contributed by atoms with Gasteiger partial charge in [0.2, 0.25) is 0 Å². The largest absolute Gasteiger partial charge is 0.478 e. The van der Waals surface area contributed by atoms with Crippen LogP contribution in [0.25, 0.3) is 0 Å². The Hall–Kier alpha value is -1.36. The molecule has 0 aliphatic rings. The second-order valence-electron chi connectivity index (χ2n) is 1.11. The predicted octanol–water partition coefficient (Wildman–Crippen LogP) is -0.956. The number of aliphatic carboxylic acids is 1. The van der Waals surface area contributed by atoms with Crippen molar-refractivity contribution in [1.29, 1.82) is 0 Å². The normalized spacial score (nSPS) is 9.44. The molecule has 0 fully saturated rings. The number of carboxylic acid groups (broad SMARTS) is 1. The zero-order valence-electron chi connectivity index (χ0n) is 4.40. The maximum Gasteiger partial charge on any atom is 0.349 e. The van der Waals surface area contributed by atoms with Gasteiger partial charge in [0.1, 0.15) is 0 Å². The summed E-state index contributed by atoms with van der Waals surface area (Å²) in [5.41, 5.74) is 0. The lowest BCUT2D eigenvalue weighted by Crippen LogP contribution is -2.06. The van der Waals surface area contributed by atoms with E-state index in [4.69, 9.17) is 5.11 Å². The summed E-state index contributed by atoms with van der Waals surface area (Å²) in [6.07, 6.45) is 1.34. The molecule has 0 unspecified atom stereocenters. The highest BCUT2D eigenvalue weighted by atomic mass is 16.7. The van der Waals surface area contributed by atoms with Crippen molar-refractivity contribution >= 4 is 11.9 Å². The summed E-state index contributed by atoms with van der Waals surface area (Å²) in [7, 11) is 0. The van der Waals surface area contributed by atoms with E-state index < -0.39 is 11.9 Å². The third-order valence-electron chi connectivity index (χ3n) is 0.478. The number of carboxylic acids is 1. The van der Waals surface area contributed by atoms with Crippen molar-refractivity contribution in [1.82, 2.24) is 0 Å². The van der Waals surface area contributed by atoms with Crippen LogP contribution in [-0.2, 0) is 14.4 Å². The van der Waals surface area contributed by atoms with Crippen LogP contribution in [0.4, 0.5) is 0 Å². The molecule has 0 amide bonds. The second kappa shape index (κ2) is 3.62. The fourth-order valence-electron chi connectivity index (χ4n) is 0.179. The van der Waals surface area contributed by atoms with Crippen LogP contribution in [-0.4, -0.2) is 17.0 Å². The quantitative estimate of drug-likeness (QED) is 0.372. The van der Waals surface area contributed by atoms with Crippen molar-refractivity contribution in [2.24, 2.45) is 5.90 Å². The standard InChI is InChI=1S/C4H5NO4/c5-9-4(8)2-1-3(6)7/h1-2H,5H2,(H,6,7)/b2-1+. The molecule has 0 bridgehead atoms. The van der Waals surface area contributed by atoms with Gasteiger partial charge in [-0.1, -0.05) is 0 Å². The molecule has 0 spiro atoms. The molecule has 9 heavy (non-hydrogen) atoms. The molecule has 0 aromatic rings. The Morgan fingerprint density at radius 2 is 2.00 bits per heavy atom. The highest BCUT2D eigenvalue weighted by molar-refractivity contribution is 5.90. The third kappa shape index (κ3) is 4.49. The van der Waals surface area contributed by atoms with E-state index >= 15 is 0 Å². The Morgan fingerprint density at radius 1 is 1.44 bits per heavy atom. The van der Waals surface area contributed by atoms with Crippen LogP contribution in [0.3, 0.4) is 0 Å². The van der Waals surface area contributed by atoms with Crippen LogP contribution in [0.1, 0.15) is 0 Å². The smallest absolute Gasteiger partial charge is 0.349 e. The van der Waals surface area contributed by atoms with Crippen LogP contribution in [0, 0.1) is 0 Å². The lowest BCUT2D eigenvalue weighted by Gasteiger charge is -1.84. The molecule has 0 aliphatic heterocycles. The van der Waals surface area contributed by atoms with E-state index in [1.165, 1.54) is 0 Å². The monoisotopic (exact) mass is 131 g/mol. The van der Waals surface area contributed by atoms with Crippen molar-refractivity contribution in [3.63, 3.8) is 0 Å². The third-order valence-corrected chi connectivity index (χ3v) is 0.478. The van der Waals surface area contributed by atoms with Crippen molar-refractivity contribution in [3.8, 4) is 0 Å². The van der Waals surface area contributed by atoms with E-state index in [1.54, 1.807) is 0 Å². The first-order valence-corrected chi connectivity index (χ1v) is 1.98. The average Bonchev–Trinajstić information content (AvgIpc) is 1.83. The van der Waals surface area contributed by atoms with E-state index in [9.17, 15) is 9.59 Å². The van der Waals surface area contributed by atoms with Gasteiger partial charge in [-0.05, 0) is 0 Å². The van der Waals surface area contributed by atoms with Crippen LogP contribution < -0.4 is 5.90 Å². The fourth-order valence-corrected chi connectivity index (χ4v) is 0.179. The summed E-state index contributed by atoms with van der Waals surface area (Å²) in [5, 5.41) is 7.92. The van der Waals surface area contributed by atoms with Crippen molar-refractivity contribution < 1.29 is 19.5 Å². The molecule has 0 aliphatic carbocycles. The molecule has 0 rings (SSSR count). The van der Waals surface area contributed by atoms with Gasteiger partial charge in [0.25, 0.3) is 0 Å². The second-order valence-corrected chi connectivity index (χ2v) is 1.11. The minimum absolute atomic E-state index is 0.634. The van der Waals surface area contributed by atoms with Gasteiger partial charge in [-0.2, -0.15) is 5.90 Å². The SMILES string of the molecule is NOC(=O)/C=C/C(=O)O. The lowest BCUT2D eigenvalue weighted by molar-refractivity contribution is -0.139. The summed E-state index contributed by atoms with van der Waals surface area (Å²) < 4.78 is 0. The van der Waals surface area contributed by atoms with Gasteiger partial charge in [-0.15, -0.1) is 0 Å². The Labute approximate surface area is 50.7 Å². The Kier molecular flexibility index (Phi) is 3.07. The number of rotatable bonds is 2. The molecule has 0 aromatic carbocycles. The minimum atomic E-state index is -1.22. The first-order valence-electron chi connectivity index (χ1n) is 1.98. The summed E-state index contributed by atoms with van der Waals surface area (Å²) >= 11 is 0. The van der Waals surface area contributed by atoms with Crippen molar-refractivity contribution in [2.75, 3.05) is 0 Å². The number of carbonyl (C=O) groups excluding carboxylic acids is 1. The van der Waals surface area contributed by atoms with Gasteiger partial charge in [-0.25, -0.2) is 9.59 Å². The lowest BCUT2D eigenvalue weighted by atomic mass is 10.5. The molecule has 50 valence electrons. The minimum Gasteiger partial charge on any atom is -0.478 e. The summed E-state index contributed by atoms with van der Waals surface area (Å²) in [5.74, 6) is 2.25. The number of hydrogen-bond acceptors (Lipinski definition) is 4. The van der Waals surface area contributed by atoms with Gasteiger partial charge < -0.3 is 9.94 Å². The molecule has 0 saturated heterocycles. The van der Waals surface area contributed by atoms with Gasteiger partial charge in [0.15, 0.2) is 0 Å². The number of carbonyl (C=O) groups is 2. The number of hydrogen-bond donors (Lipinski definition) is 2. The first-order chi connectivity index (χ1) is 4.16. The molecule has 0 aromatic heterocycles. The van der Waals surface area contributed by atoms with Gasteiger partial charge >= 0.3 is 11.9 Å². The summed E-state index contributed by atoms with van der Waals surface area (Å²) in [6.45, 7) is 0. The fraction of sp³-hybridized carbons (Fsp3) is 0. The maximum atomic E-state index is 10.0. The topological polar surface area (TPSA) is 89.6 Å². The summed E-state index contributed by atoms with van der Waals surface area (Å²) in [6, 6.07) is 0. The van der Waals surface area contributed by atoms with E-state index in [2.05, 4.69) is 10.7 Å². The Balaban J connectivity index is 3.71. The van der Waals surface area contributed by atoms with Crippen LogP contribution in [0.5, 0.6) is 0 Å². The van der Waals surface area contributed by atoms with Crippen molar-refractivity contribution in [3.05, 3.63) is 12.2 Å². The molecule has 5 heteroatoms. The van der Waals surface area contributed by atoms with Crippen molar-refractivity contribution in [2.45, 2.75) is 0 Å². The molecular formula is C4H5NO4. The number of nitrogens with two attached hydrogens (primary N) is 1. The van der Waals surface area contributed by atoms with Gasteiger partial charge in [0, 0.05) is 12.2 Å². The molecule has 5 nitrogen and oxygen atoms in total. The molecule has 0 heterocycles. The zero-order valence-corrected chi connectivity index (χ0v) is 4.40. The van der Waals surface area contributed by atoms with Gasteiger partial charge in [0.05, 0.1) is 0 Å². The molecule has 3 N–H and O–H groups in total. The predicted molar refractivity (Wildman–Crippen MR) is 27.1 cm³/mol. The molecule has 0 radical (unpaired) electrons. The summed E-state index contributed by atoms with van der Waals surface area (Å²) in [4.78, 5) is 23.3. The Bertz CT molecular complexity index is 151. The highest BCUT2D eigenvalue weighted by Crippen LogP contribution is 1.74. The first kappa shape index (κ1) is 7.64. The molecule has 0 saturated carbocycles. The van der Waals surface area contributed by atoms with E-state index in [-0.39, 0.29) is 0 Å². The van der Waals surface area contributed by atoms with Crippen LogP contribution >= 0.6 is 0 Å². The molecule has 0 atom stereocenters. The van der Waals surface area contributed by atoms with E-state index in [1.807, 2.05) is 0 Å².